The summed E-state index contributed by atoms with van der Waals surface area (Å²) in [5, 5.41) is 12.1. The number of nitrogen functional groups attached to an aromatic ring is 1. The van der Waals surface area contributed by atoms with E-state index in [-0.39, 0.29) is 51.7 Å². The number of ether oxygens (including phenoxy) is 1. The number of nitrogens with one attached hydrogen (secondary N) is 1. The highest BCUT2D eigenvalue weighted by atomic mass is 35.5. The lowest BCUT2D eigenvalue weighted by molar-refractivity contribution is -0.144. The van der Waals surface area contributed by atoms with E-state index in [1.165, 1.54) is 54.9 Å². The monoisotopic (exact) mass is 623 g/mol. The van der Waals surface area contributed by atoms with Crippen molar-refractivity contribution in [2.75, 3.05) is 24.6 Å². The van der Waals surface area contributed by atoms with Crippen molar-refractivity contribution in [2.45, 2.75) is 25.4 Å². The predicted molar refractivity (Wildman–Crippen MR) is 161 cm³/mol. The zero-order valence-corrected chi connectivity index (χ0v) is 24.2. The Morgan fingerprint density at radius 2 is 1.89 bits per heavy atom. The summed E-state index contributed by atoms with van der Waals surface area (Å²) >= 11 is 6.08. The van der Waals surface area contributed by atoms with Gasteiger partial charge in [0.25, 0.3) is 5.91 Å². The van der Waals surface area contributed by atoms with Gasteiger partial charge in [0.1, 0.15) is 22.2 Å². The maximum absolute atomic E-state index is 15.0. The fraction of sp³-hybridized carbons (Fsp3) is 0.226. The third kappa shape index (κ3) is 6.71. The molecule has 3 heterocycles. The summed E-state index contributed by atoms with van der Waals surface area (Å²) < 4.78 is 35.8. The van der Waals surface area contributed by atoms with Gasteiger partial charge >= 0.3 is 5.97 Å². The summed E-state index contributed by atoms with van der Waals surface area (Å²) in [4.78, 5) is 44.5. The number of carbonyl (C=O) groups is 2. The number of likely N-dealkylation sites (N-methyl/N-ethyl adjacent to an activating group) is 1. The van der Waals surface area contributed by atoms with E-state index in [4.69, 9.17) is 22.1 Å². The lowest BCUT2D eigenvalue weighted by atomic mass is 9.91. The van der Waals surface area contributed by atoms with E-state index in [2.05, 4.69) is 10.3 Å². The van der Waals surface area contributed by atoms with Gasteiger partial charge in [-0.3, -0.25) is 14.4 Å². The minimum atomic E-state index is -0.869. The van der Waals surface area contributed by atoms with Gasteiger partial charge < -0.3 is 30.4 Å². The molecule has 0 aliphatic carbocycles. The van der Waals surface area contributed by atoms with E-state index in [1.807, 2.05) is 11.9 Å². The second kappa shape index (κ2) is 12.8. The summed E-state index contributed by atoms with van der Waals surface area (Å²) in [6, 6.07) is 10.2. The fourth-order valence-corrected chi connectivity index (χ4v) is 5.23. The standard InChI is InChI=1S/C31H28ClF2N5O5/c1-38-11-9-18(31(42)43)12-21(38)14-39-15-22(17-2-4-19(33)5-3-17)28(40)23(16-39)30(41)37-20-6-7-25(24(34)13-20)44-26-8-10-36-29(35)27(26)32/h2-8,10,13,15-16,18,21H,9,11-12,14H2,1H3,(H2,35,36)(H,37,41)(H,42,43). The molecule has 10 nitrogen and oxygen atoms in total. The molecule has 2 aromatic carbocycles. The van der Waals surface area contributed by atoms with Gasteiger partial charge in [-0.05, 0) is 56.3 Å². The number of nitrogens with zero attached hydrogens (tertiary/aromatic N) is 3. The van der Waals surface area contributed by atoms with Gasteiger partial charge in [0.2, 0.25) is 5.43 Å². The van der Waals surface area contributed by atoms with E-state index in [0.717, 1.165) is 6.07 Å². The van der Waals surface area contributed by atoms with Crippen LogP contribution in [0.15, 0.2) is 71.9 Å². The number of rotatable bonds is 8. The maximum Gasteiger partial charge on any atom is 0.306 e. The number of carbonyl (C=O) groups excluding carboxylic acids is 1. The third-order valence-electron chi connectivity index (χ3n) is 7.55. The minimum absolute atomic E-state index is 0.0128. The number of hydrogen-bond acceptors (Lipinski definition) is 7. The molecule has 13 heteroatoms. The normalized spacial score (nSPS) is 16.8. The molecule has 4 aromatic rings. The highest BCUT2D eigenvalue weighted by Crippen LogP contribution is 2.34. The van der Waals surface area contributed by atoms with Crippen LogP contribution in [-0.4, -0.2) is 51.1 Å². The number of piperidine rings is 1. The smallest absolute Gasteiger partial charge is 0.306 e. The molecular weight excluding hydrogens is 596 g/mol. The quantitative estimate of drug-likeness (QED) is 0.241. The molecule has 1 saturated heterocycles. The van der Waals surface area contributed by atoms with Crippen molar-refractivity contribution in [3.05, 3.63) is 99.6 Å². The first-order valence-corrected chi connectivity index (χ1v) is 14.0. The van der Waals surface area contributed by atoms with Crippen LogP contribution in [0.4, 0.5) is 20.3 Å². The van der Waals surface area contributed by atoms with Gasteiger partial charge in [-0.15, -0.1) is 0 Å². The number of pyridine rings is 2. The molecule has 1 aliphatic rings. The highest BCUT2D eigenvalue weighted by molar-refractivity contribution is 6.34. The molecule has 5 rings (SSSR count). The molecule has 0 spiro atoms. The van der Waals surface area contributed by atoms with Gasteiger partial charge in [0.05, 0.1) is 5.92 Å². The number of carboxylic acids is 1. The first kappa shape index (κ1) is 30.6. The molecule has 0 saturated carbocycles. The van der Waals surface area contributed by atoms with Crippen molar-refractivity contribution < 1.29 is 28.2 Å². The number of anilines is 2. The largest absolute Gasteiger partial charge is 0.481 e. The number of benzene rings is 2. The Kier molecular flexibility index (Phi) is 8.93. The molecule has 2 unspecified atom stereocenters. The van der Waals surface area contributed by atoms with E-state index in [1.54, 1.807) is 10.8 Å². The number of carboxylic acid groups (broad SMARTS) is 1. The van der Waals surface area contributed by atoms with Crippen LogP contribution in [0.5, 0.6) is 11.5 Å². The van der Waals surface area contributed by atoms with Crippen LogP contribution in [0.2, 0.25) is 5.02 Å². The van der Waals surface area contributed by atoms with Crippen molar-refractivity contribution in [1.29, 1.82) is 0 Å². The van der Waals surface area contributed by atoms with Crippen molar-refractivity contribution in [2.24, 2.45) is 5.92 Å². The van der Waals surface area contributed by atoms with Gasteiger partial charge in [-0.1, -0.05) is 23.7 Å². The van der Waals surface area contributed by atoms with E-state index >= 15 is 0 Å². The van der Waals surface area contributed by atoms with Crippen LogP contribution >= 0.6 is 11.6 Å². The molecule has 2 atom stereocenters. The Hall–Kier alpha value is -4.81. The number of halogens is 3. The first-order valence-electron chi connectivity index (χ1n) is 13.6. The van der Waals surface area contributed by atoms with Gasteiger partial charge in [0.15, 0.2) is 17.3 Å². The highest BCUT2D eigenvalue weighted by Gasteiger charge is 2.31. The molecular formula is C31H28ClF2N5O5. The molecule has 2 aromatic heterocycles. The molecule has 44 heavy (non-hydrogen) atoms. The summed E-state index contributed by atoms with van der Waals surface area (Å²) in [7, 11) is 1.89. The Balaban J connectivity index is 1.44. The fourth-order valence-electron chi connectivity index (χ4n) is 5.08. The predicted octanol–water partition coefficient (Wildman–Crippen LogP) is 5.26. The number of nitrogens with two attached hydrogens (primary N) is 1. The molecule has 1 fully saturated rings. The van der Waals surface area contributed by atoms with Gasteiger partial charge in [0, 0.05) is 54.6 Å². The van der Waals surface area contributed by atoms with Crippen molar-refractivity contribution >= 4 is 35.0 Å². The zero-order valence-electron chi connectivity index (χ0n) is 23.5. The molecule has 228 valence electrons. The minimum Gasteiger partial charge on any atom is -0.481 e. The Morgan fingerprint density at radius 3 is 2.59 bits per heavy atom. The van der Waals surface area contributed by atoms with Crippen molar-refractivity contribution in [1.82, 2.24) is 14.5 Å². The van der Waals surface area contributed by atoms with Crippen LogP contribution in [-0.2, 0) is 11.3 Å². The number of aromatic nitrogens is 2. The van der Waals surface area contributed by atoms with Gasteiger partial charge in [-0.25, -0.2) is 13.8 Å². The SMILES string of the molecule is CN1CCC(C(=O)O)CC1Cn1cc(C(=O)Nc2ccc(Oc3ccnc(N)c3Cl)c(F)c2)c(=O)c(-c2ccc(F)cc2)c1. The summed E-state index contributed by atoms with van der Waals surface area (Å²) in [5.74, 6) is -3.57. The van der Waals surface area contributed by atoms with Crippen LogP contribution < -0.4 is 21.2 Å². The first-order chi connectivity index (χ1) is 21.0. The van der Waals surface area contributed by atoms with Crippen LogP contribution in [0.1, 0.15) is 23.2 Å². The van der Waals surface area contributed by atoms with Crippen molar-refractivity contribution in [3.8, 4) is 22.6 Å². The van der Waals surface area contributed by atoms with E-state index in [0.29, 0.717) is 24.9 Å². The van der Waals surface area contributed by atoms with Gasteiger partial charge in [-0.2, -0.15) is 0 Å². The lowest BCUT2D eigenvalue weighted by Crippen LogP contribution is -2.44. The van der Waals surface area contributed by atoms with Crippen LogP contribution in [0.3, 0.4) is 0 Å². The third-order valence-corrected chi connectivity index (χ3v) is 7.93. The number of hydrogen-bond donors (Lipinski definition) is 3. The molecule has 0 radical (unpaired) electrons. The number of amides is 1. The van der Waals surface area contributed by atoms with Crippen molar-refractivity contribution in [3.63, 3.8) is 0 Å². The average molecular weight is 624 g/mol. The lowest BCUT2D eigenvalue weighted by Gasteiger charge is -2.36. The second-order valence-electron chi connectivity index (χ2n) is 10.5. The van der Waals surface area contributed by atoms with E-state index in [9.17, 15) is 28.3 Å². The summed E-state index contributed by atoms with van der Waals surface area (Å²) in [6.07, 6.45) is 5.20. The Bertz CT molecular complexity index is 1780. The summed E-state index contributed by atoms with van der Waals surface area (Å²) in [5.41, 5.74) is 5.41. The Labute approximate surface area is 255 Å². The molecule has 4 N–H and O–H groups in total. The topological polar surface area (TPSA) is 140 Å². The average Bonchev–Trinajstić information content (AvgIpc) is 2.99. The van der Waals surface area contributed by atoms with E-state index < -0.39 is 34.9 Å². The zero-order chi connectivity index (χ0) is 31.5. The number of likely N-dealkylation sites (tertiary alicyclic amines) is 1. The van der Waals surface area contributed by atoms with Crippen LogP contribution in [0.25, 0.3) is 11.1 Å². The number of aliphatic carboxylic acids is 1. The molecule has 1 aliphatic heterocycles. The Morgan fingerprint density at radius 1 is 1.14 bits per heavy atom. The summed E-state index contributed by atoms with van der Waals surface area (Å²) in [6.45, 7) is 0.865. The second-order valence-corrected chi connectivity index (χ2v) is 10.9. The van der Waals surface area contributed by atoms with Crippen LogP contribution in [0, 0.1) is 17.6 Å². The molecule has 0 bridgehead atoms. The maximum atomic E-state index is 15.0. The molecule has 1 amide bonds.